The summed E-state index contributed by atoms with van der Waals surface area (Å²) in [5, 5.41) is 10.3. The number of rotatable bonds is 5. The number of likely N-dealkylation sites (tertiary alicyclic amines) is 1. The van der Waals surface area contributed by atoms with Crippen molar-refractivity contribution in [1.29, 1.82) is 0 Å². The first-order chi connectivity index (χ1) is 11.7. The van der Waals surface area contributed by atoms with Crippen molar-refractivity contribution < 1.29 is 14.6 Å². The molecule has 2 N–H and O–H groups in total. The molecule has 0 aliphatic carbocycles. The van der Waals surface area contributed by atoms with E-state index in [0.29, 0.717) is 18.9 Å². The number of nitrogens with one attached hydrogen (secondary N) is 1. The summed E-state index contributed by atoms with van der Waals surface area (Å²) in [6, 6.07) is 5.91. The summed E-state index contributed by atoms with van der Waals surface area (Å²) in [6.07, 6.45) is 5.16. The molecule has 1 aromatic carbocycles. The van der Waals surface area contributed by atoms with Gasteiger partial charge in [0.25, 0.3) is 0 Å². The van der Waals surface area contributed by atoms with Crippen LogP contribution in [-0.4, -0.2) is 47.2 Å². The minimum Gasteiger partial charge on any atom is -0.493 e. The Morgan fingerprint density at radius 1 is 1.38 bits per heavy atom. The van der Waals surface area contributed by atoms with E-state index in [1.165, 1.54) is 0 Å². The van der Waals surface area contributed by atoms with Gasteiger partial charge in [-0.25, -0.2) is 0 Å². The largest absolute Gasteiger partial charge is 0.493 e. The number of aromatic nitrogens is 1. The van der Waals surface area contributed by atoms with Crippen LogP contribution in [0.5, 0.6) is 5.75 Å². The molecule has 1 unspecified atom stereocenters. The number of amides is 1. The van der Waals surface area contributed by atoms with Gasteiger partial charge in [0.2, 0.25) is 5.91 Å². The Morgan fingerprint density at radius 2 is 2.25 bits per heavy atom. The third-order valence-corrected chi connectivity index (χ3v) is 4.85. The molecule has 0 spiro atoms. The zero-order valence-electron chi connectivity index (χ0n) is 14.3. The van der Waals surface area contributed by atoms with Crippen molar-refractivity contribution in [3.63, 3.8) is 0 Å². The molecule has 2 aromatic rings. The van der Waals surface area contributed by atoms with E-state index in [2.05, 4.69) is 4.98 Å². The van der Waals surface area contributed by atoms with Gasteiger partial charge in [0, 0.05) is 36.8 Å². The van der Waals surface area contributed by atoms with Crippen LogP contribution in [-0.2, 0) is 11.2 Å². The Labute approximate surface area is 142 Å². The molecule has 24 heavy (non-hydrogen) atoms. The third-order valence-electron chi connectivity index (χ3n) is 4.85. The summed E-state index contributed by atoms with van der Waals surface area (Å²) in [5.41, 5.74) is 1.99. The number of carbonyl (C=O) groups excluding carboxylic acids is 1. The maximum Gasteiger partial charge on any atom is 0.227 e. The quantitative estimate of drug-likeness (QED) is 0.886. The van der Waals surface area contributed by atoms with Crippen LogP contribution in [0.25, 0.3) is 10.9 Å². The molecule has 2 heterocycles. The van der Waals surface area contributed by atoms with E-state index in [-0.39, 0.29) is 12.5 Å². The zero-order chi connectivity index (χ0) is 16.9. The number of ether oxygens (including phenoxy) is 1. The van der Waals surface area contributed by atoms with Crippen LogP contribution >= 0.6 is 0 Å². The number of benzene rings is 1. The smallest absolute Gasteiger partial charge is 0.227 e. The lowest BCUT2D eigenvalue weighted by Gasteiger charge is -2.20. The van der Waals surface area contributed by atoms with Gasteiger partial charge in [-0.1, -0.05) is 6.07 Å². The number of aromatic amines is 1. The monoisotopic (exact) mass is 330 g/mol. The number of carbonyl (C=O) groups is 1. The lowest BCUT2D eigenvalue weighted by atomic mass is 10.0. The first-order valence-electron chi connectivity index (χ1n) is 8.83. The van der Waals surface area contributed by atoms with Crippen LogP contribution in [0.1, 0.15) is 31.7 Å². The van der Waals surface area contributed by atoms with Gasteiger partial charge in [-0.3, -0.25) is 4.79 Å². The van der Waals surface area contributed by atoms with Gasteiger partial charge in [0.1, 0.15) is 5.75 Å². The molecular formula is C19H26N2O3. The summed E-state index contributed by atoms with van der Waals surface area (Å²) in [5.74, 6) is 1.32. The van der Waals surface area contributed by atoms with Crippen molar-refractivity contribution in [2.45, 2.75) is 32.6 Å². The fourth-order valence-corrected chi connectivity index (χ4v) is 3.51. The van der Waals surface area contributed by atoms with E-state index in [1.807, 2.05) is 36.2 Å². The highest BCUT2D eigenvalue weighted by Crippen LogP contribution is 2.29. The maximum absolute atomic E-state index is 12.7. The van der Waals surface area contributed by atoms with Crippen molar-refractivity contribution in [2.24, 2.45) is 5.92 Å². The highest BCUT2D eigenvalue weighted by atomic mass is 16.5. The maximum atomic E-state index is 12.7. The number of aliphatic hydroxyl groups excluding tert-OH is 1. The highest BCUT2D eigenvalue weighted by molar-refractivity contribution is 5.93. The average Bonchev–Trinajstić information content (AvgIpc) is 2.85. The number of hydrogen-bond donors (Lipinski definition) is 2. The number of fused-ring (bicyclic) bond motifs is 1. The Balaban J connectivity index is 1.76. The first kappa shape index (κ1) is 16.8. The molecule has 1 atom stereocenters. The van der Waals surface area contributed by atoms with Gasteiger partial charge < -0.3 is 19.7 Å². The van der Waals surface area contributed by atoms with Gasteiger partial charge in [-0.2, -0.15) is 0 Å². The van der Waals surface area contributed by atoms with Crippen LogP contribution in [0.3, 0.4) is 0 Å². The van der Waals surface area contributed by atoms with Gasteiger partial charge in [-0.05, 0) is 49.8 Å². The lowest BCUT2D eigenvalue weighted by molar-refractivity contribution is -0.130. The minimum absolute atomic E-state index is 0.154. The molecule has 1 aliphatic heterocycles. The first-order valence-corrected chi connectivity index (χ1v) is 8.83. The average molecular weight is 330 g/mol. The Kier molecular flexibility index (Phi) is 5.41. The van der Waals surface area contributed by atoms with Gasteiger partial charge in [0.15, 0.2) is 0 Å². The van der Waals surface area contributed by atoms with Gasteiger partial charge in [-0.15, -0.1) is 0 Å². The Morgan fingerprint density at radius 3 is 3.04 bits per heavy atom. The second-order valence-electron chi connectivity index (χ2n) is 6.46. The van der Waals surface area contributed by atoms with E-state index >= 15 is 0 Å². The molecule has 1 aliphatic rings. The molecule has 5 heteroatoms. The minimum atomic E-state index is 0.154. The van der Waals surface area contributed by atoms with Crippen LogP contribution < -0.4 is 4.74 Å². The van der Waals surface area contributed by atoms with E-state index in [0.717, 1.165) is 54.6 Å². The van der Waals surface area contributed by atoms with Gasteiger partial charge in [0.05, 0.1) is 13.0 Å². The summed E-state index contributed by atoms with van der Waals surface area (Å²) < 4.78 is 5.72. The molecule has 0 radical (unpaired) electrons. The van der Waals surface area contributed by atoms with Crippen molar-refractivity contribution in [1.82, 2.24) is 9.88 Å². The number of H-pyrrole nitrogens is 1. The fourth-order valence-electron chi connectivity index (χ4n) is 3.51. The number of aliphatic hydroxyl groups is 1. The fraction of sp³-hybridized carbons (Fsp3) is 0.526. The highest BCUT2D eigenvalue weighted by Gasteiger charge is 2.21. The van der Waals surface area contributed by atoms with Crippen LogP contribution in [0.4, 0.5) is 0 Å². The van der Waals surface area contributed by atoms with E-state index in [9.17, 15) is 9.90 Å². The molecule has 5 nitrogen and oxygen atoms in total. The Hall–Kier alpha value is -2.01. The predicted molar refractivity (Wildman–Crippen MR) is 94.2 cm³/mol. The predicted octanol–water partition coefficient (Wildman–Crippen LogP) is 2.73. The third kappa shape index (κ3) is 3.56. The summed E-state index contributed by atoms with van der Waals surface area (Å²) in [7, 11) is 0. The molecule has 1 fully saturated rings. The van der Waals surface area contributed by atoms with Crippen molar-refractivity contribution >= 4 is 16.8 Å². The number of hydrogen-bond acceptors (Lipinski definition) is 3. The lowest BCUT2D eigenvalue weighted by Crippen LogP contribution is -2.33. The summed E-state index contributed by atoms with van der Waals surface area (Å²) in [4.78, 5) is 17.9. The topological polar surface area (TPSA) is 65.6 Å². The SMILES string of the molecule is CCOc1cccc2[nH]cc(CC(=O)N3CCCC(CO)CC3)c12. The second-order valence-corrected chi connectivity index (χ2v) is 6.46. The van der Waals surface area contributed by atoms with Crippen LogP contribution in [0, 0.1) is 5.92 Å². The Bertz CT molecular complexity index is 695. The zero-order valence-corrected chi connectivity index (χ0v) is 14.3. The van der Waals surface area contributed by atoms with Crippen molar-refractivity contribution in [3.05, 3.63) is 30.0 Å². The van der Waals surface area contributed by atoms with Crippen molar-refractivity contribution in [2.75, 3.05) is 26.3 Å². The van der Waals surface area contributed by atoms with E-state index in [1.54, 1.807) is 0 Å². The van der Waals surface area contributed by atoms with Gasteiger partial charge >= 0.3 is 0 Å². The normalized spacial score (nSPS) is 18.6. The molecule has 0 saturated carbocycles. The summed E-state index contributed by atoms with van der Waals surface area (Å²) in [6.45, 7) is 4.32. The molecule has 1 aromatic heterocycles. The van der Waals surface area contributed by atoms with Crippen LogP contribution in [0.15, 0.2) is 24.4 Å². The standard InChI is InChI=1S/C19H26N2O3/c1-2-24-17-7-3-6-16-19(17)15(12-20-16)11-18(23)21-9-4-5-14(13-22)8-10-21/h3,6-7,12,14,20,22H,2,4-5,8-11,13H2,1H3. The molecule has 3 rings (SSSR count). The van der Waals surface area contributed by atoms with Crippen LogP contribution in [0.2, 0.25) is 0 Å². The number of nitrogens with zero attached hydrogens (tertiary/aromatic N) is 1. The summed E-state index contributed by atoms with van der Waals surface area (Å²) >= 11 is 0. The molecule has 1 saturated heterocycles. The molecule has 1 amide bonds. The van der Waals surface area contributed by atoms with E-state index < -0.39 is 0 Å². The van der Waals surface area contributed by atoms with E-state index in [4.69, 9.17) is 4.74 Å². The second kappa shape index (κ2) is 7.71. The molecule has 130 valence electrons. The molecular weight excluding hydrogens is 304 g/mol. The molecule has 0 bridgehead atoms. The van der Waals surface area contributed by atoms with Crippen molar-refractivity contribution in [3.8, 4) is 5.75 Å².